The zero-order chi connectivity index (χ0) is 17.5. The van der Waals surface area contributed by atoms with Crippen molar-refractivity contribution in [2.45, 2.75) is 45.2 Å². The highest BCUT2D eigenvalue weighted by Crippen LogP contribution is 2.29. The molecule has 0 unspecified atom stereocenters. The maximum Gasteiger partial charge on any atom is 0.325 e. The van der Waals surface area contributed by atoms with Gasteiger partial charge in [-0.25, -0.2) is 4.79 Å². The molecule has 4 heteroatoms. The minimum atomic E-state index is -0.115. The van der Waals surface area contributed by atoms with Gasteiger partial charge in [-0.2, -0.15) is 0 Å². The number of carbonyl (C=O) groups excluding carboxylic acids is 1. The minimum absolute atomic E-state index is 0.0456. The number of hydrogen-bond acceptors (Lipinski definition) is 2. The Labute approximate surface area is 149 Å². The predicted molar refractivity (Wildman–Crippen MR) is 98.8 cm³/mol. The van der Waals surface area contributed by atoms with Crippen LogP contribution in [-0.2, 0) is 6.54 Å². The second-order valence-corrected chi connectivity index (χ2v) is 6.45. The van der Waals surface area contributed by atoms with Crippen molar-refractivity contribution in [3.63, 3.8) is 0 Å². The number of benzene rings is 1. The summed E-state index contributed by atoms with van der Waals surface area (Å²) in [6, 6.07) is 13.8. The van der Waals surface area contributed by atoms with Crippen LogP contribution in [0, 0.1) is 0 Å². The van der Waals surface area contributed by atoms with E-state index < -0.39 is 0 Å². The van der Waals surface area contributed by atoms with E-state index in [-0.39, 0.29) is 12.1 Å². The highest BCUT2D eigenvalue weighted by Gasteiger charge is 2.31. The summed E-state index contributed by atoms with van der Waals surface area (Å²) >= 11 is 0. The van der Waals surface area contributed by atoms with Crippen LogP contribution in [0.3, 0.4) is 0 Å². The third-order valence-electron chi connectivity index (χ3n) is 4.56. The van der Waals surface area contributed by atoms with E-state index in [1.54, 1.807) is 11.2 Å². The number of urea groups is 1. The number of carbonyl (C=O) groups is 1. The van der Waals surface area contributed by atoms with Crippen LogP contribution in [-0.4, -0.2) is 22.4 Å². The number of nitrogens with zero attached hydrogens (tertiary/aromatic N) is 2. The van der Waals surface area contributed by atoms with Crippen LogP contribution < -0.4 is 0 Å². The molecule has 2 amide bonds. The fourth-order valence-electron chi connectivity index (χ4n) is 3.19. The van der Waals surface area contributed by atoms with E-state index in [0.717, 1.165) is 30.7 Å². The standard InChI is InChI=1S/C21H26N2O2/c1-2-3-4-8-14-23-19(20-12-9-16-25-20)13-15-22(21(23)24)17-18-10-6-5-7-11-18/h5-7,9-13,15-16,19H,2-4,8,14,17H2,1H3/t19-/m1/s1. The molecule has 0 fully saturated rings. The summed E-state index contributed by atoms with van der Waals surface area (Å²) in [5.74, 6) is 0.819. The molecule has 2 heterocycles. The van der Waals surface area contributed by atoms with Crippen LogP contribution in [0.25, 0.3) is 0 Å². The van der Waals surface area contributed by atoms with Crippen LogP contribution >= 0.6 is 0 Å². The van der Waals surface area contributed by atoms with Crippen molar-refractivity contribution in [1.29, 1.82) is 0 Å². The summed E-state index contributed by atoms with van der Waals surface area (Å²) in [6.45, 7) is 3.54. The lowest BCUT2D eigenvalue weighted by molar-refractivity contribution is 0.139. The average molecular weight is 338 g/mol. The summed E-state index contributed by atoms with van der Waals surface area (Å²) in [4.78, 5) is 16.8. The molecule has 1 aliphatic heterocycles. The van der Waals surface area contributed by atoms with Crippen molar-refractivity contribution in [1.82, 2.24) is 9.80 Å². The maximum atomic E-state index is 13.1. The van der Waals surface area contributed by atoms with Crippen LogP contribution in [0.5, 0.6) is 0 Å². The summed E-state index contributed by atoms with van der Waals surface area (Å²) < 4.78 is 5.57. The Hall–Kier alpha value is -2.49. The highest BCUT2D eigenvalue weighted by molar-refractivity contribution is 5.77. The fraction of sp³-hybridized carbons (Fsp3) is 0.381. The third-order valence-corrected chi connectivity index (χ3v) is 4.56. The summed E-state index contributed by atoms with van der Waals surface area (Å²) in [6.07, 6.45) is 10.2. The Morgan fingerprint density at radius 2 is 1.88 bits per heavy atom. The molecule has 0 radical (unpaired) electrons. The molecule has 1 atom stereocenters. The quantitative estimate of drug-likeness (QED) is 0.608. The van der Waals surface area contributed by atoms with Crippen molar-refractivity contribution in [3.8, 4) is 0 Å². The van der Waals surface area contributed by atoms with Gasteiger partial charge in [0.05, 0.1) is 12.8 Å². The van der Waals surface area contributed by atoms with Gasteiger partial charge in [-0.3, -0.25) is 4.90 Å². The number of unbranched alkanes of at least 4 members (excludes halogenated alkanes) is 3. The Kier molecular flexibility index (Phi) is 5.94. The monoisotopic (exact) mass is 338 g/mol. The van der Waals surface area contributed by atoms with Gasteiger partial charge in [-0.05, 0) is 30.2 Å². The Morgan fingerprint density at radius 3 is 2.60 bits per heavy atom. The third kappa shape index (κ3) is 4.32. The molecular formula is C21H26N2O2. The number of amides is 2. The lowest BCUT2D eigenvalue weighted by Gasteiger charge is -2.36. The van der Waals surface area contributed by atoms with Gasteiger partial charge < -0.3 is 9.32 Å². The lowest BCUT2D eigenvalue weighted by Crippen LogP contribution is -2.45. The molecule has 0 saturated carbocycles. The first-order valence-corrected chi connectivity index (χ1v) is 9.12. The van der Waals surface area contributed by atoms with Crippen molar-refractivity contribution in [2.24, 2.45) is 0 Å². The van der Waals surface area contributed by atoms with E-state index in [1.807, 2.05) is 53.6 Å². The molecule has 0 aliphatic carbocycles. The van der Waals surface area contributed by atoms with Crippen LogP contribution in [0.15, 0.2) is 65.4 Å². The largest absolute Gasteiger partial charge is 0.467 e. The zero-order valence-electron chi connectivity index (χ0n) is 14.8. The van der Waals surface area contributed by atoms with Crippen LogP contribution in [0.2, 0.25) is 0 Å². The summed E-state index contributed by atoms with van der Waals surface area (Å²) in [5, 5.41) is 0. The first-order chi connectivity index (χ1) is 12.3. The second-order valence-electron chi connectivity index (χ2n) is 6.45. The van der Waals surface area contributed by atoms with Crippen LogP contribution in [0.1, 0.15) is 50.0 Å². The van der Waals surface area contributed by atoms with E-state index in [4.69, 9.17) is 4.42 Å². The number of rotatable bonds is 8. The minimum Gasteiger partial charge on any atom is -0.467 e. The molecule has 3 rings (SSSR count). The van der Waals surface area contributed by atoms with Gasteiger partial charge in [0.1, 0.15) is 11.8 Å². The van der Waals surface area contributed by atoms with Crippen molar-refractivity contribution in [2.75, 3.05) is 6.54 Å². The second kappa shape index (κ2) is 8.56. The van der Waals surface area contributed by atoms with Crippen molar-refractivity contribution >= 4 is 6.03 Å². The van der Waals surface area contributed by atoms with E-state index >= 15 is 0 Å². The predicted octanol–water partition coefficient (Wildman–Crippen LogP) is 5.35. The lowest BCUT2D eigenvalue weighted by atomic mass is 10.1. The van der Waals surface area contributed by atoms with E-state index in [1.165, 1.54) is 12.8 Å². The molecule has 0 bridgehead atoms. The van der Waals surface area contributed by atoms with Crippen molar-refractivity contribution in [3.05, 3.63) is 72.3 Å². The molecular weight excluding hydrogens is 312 g/mol. The van der Waals surface area contributed by atoms with Gasteiger partial charge in [0, 0.05) is 12.7 Å². The van der Waals surface area contributed by atoms with Crippen LogP contribution in [0.4, 0.5) is 4.79 Å². The van der Waals surface area contributed by atoms with Gasteiger partial charge in [0.15, 0.2) is 0 Å². The van der Waals surface area contributed by atoms with Crippen molar-refractivity contribution < 1.29 is 9.21 Å². The van der Waals surface area contributed by atoms with Gasteiger partial charge in [-0.1, -0.05) is 56.5 Å². The molecule has 4 nitrogen and oxygen atoms in total. The molecule has 1 aliphatic rings. The topological polar surface area (TPSA) is 36.7 Å². The summed E-state index contributed by atoms with van der Waals surface area (Å²) in [7, 11) is 0. The fourth-order valence-corrected chi connectivity index (χ4v) is 3.19. The maximum absolute atomic E-state index is 13.1. The normalized spacial score (nSPS) is 17.3. The Balaban J connectivity index is 1.75. The van der Waals surface area contributed by atoms with E-state index in [2.05, 4.69) is 13.0 Å². The SMILES string of the molecule is CCCCCCN1C(=O)N(Cc2ccccc2)C=C[C@@H]1c1ccco1. The molecule has 1 aromatic carbocycles. The molecule has 0 saturated heterocycles. The molecule has 2 aromatic rings. The zero-order valence-corrected chi connectivity index (χ0v) is 14.8. The van der Waals surface area contributed by atoms with Gasteiger partial charge >= 0.3 is 6.03 Å². The van der Waals surface area contributed by atoms with Gasteiger partial charge in [0.2, 0.25) is 0 Å². The number of hydrogen-bond donors (Lipinski definition) is 0. The Morgan fingerprint density at radius 1 is 1.04 bits per heavy atom. The Bertz CT molecular complexity index is 679. The number of furan rings is 1. The van der Waals surface area contributed by atoms with Gasteiger partial charge in [0.25, 0.3) is 0 Å². The average Bonchev–Trinajstić information content (AvgIpc) is 3.17. The first kappa shape index (κ1) is 17.3. The first-order valence-electron chi connectivity index (χ1n) is 9.12. The van der Waals surface area contributed by atoms with E-state index in [9.17, 15) is 4.79 Å². The molecule has 0 N–H and O–H groups in total. The van der Waals surface area contributed by atoms with E-state index in [0.29, 0.717) is 6.54 Å². The molecule has 25 heavy (non-hydrogen) atoms. The molecule has 0 spiro atoms. The smallest absolute Gasteiger partial charge is 0.325 e. The molecule has 132 valence electrons. The highest BCUT2D eigenvalue weighted by atomic mass is 16.3. The van der Waals surface area contributed by atoms with Gasteiger partial charge in [-0.15, -0.1) is 0 Å². The summed E-state index contributed by atoms with van der Waals surface area (Å²) in [5.41, 5.74) is 1.13. The molecule has 1 aromatic heterocycles.